The van der Waals surface area contributed by atoms with Crippen molar-refractivity contribution >= 4 is 21.4 Å². The highest BCUT2D eigenvalue weighted by Gasteiger charge is 2.24. The van der Waals surface area contributed by atoms with E-state index in [1.54, 1.807) is 6.92 Å². The van der Waals surface area contributed by atoms with E-state index in [1.165, 1.54) is 0 Å². The Morgan fingerprint density at radius 1 is 1.21 bits per heavy atom. The molecular formula is C12H22N2O3S2. The molecule has 1 rings (SSSR count). The number of sulfonamides is 1. The van der Waals surface area contributed by atoms with Crippen molar-refractivity contribution in [3.8, 4) is 0 Å². The summed E-state index contributed by atoms with van der Waals surface area (Å²) in [5.74, 6) is 1.06. The molecule has 1 aromatic rings. The van der Waals surface area contributed by atoms with Gasteiger partial charge in [-0.3, -0.25) is 4.79 Å². The predicted octanol–water partition coefficient (Wildman–Crippen LogP) is 1.95. The van der Waals surface area contributed by atoms with Crippen molar-refractivity contribution in [3.05, 3.63) is 15.4 Å². The fourth-order valence-electron chi connectivity index (χ4n) is 2.16. The van der Waals surface area contributed by atoms with Crippen molar-refractivity contribution in [2.24, 2.45) is 17.8 Å². The monoisotopic (exact) mass is 306 g/mol. The zero-order chi connectivity index (χ0) is 14.8. The number of thiazole rings is 1. The van der Waals surface area contributed by atoms with Gasteiger partial charge in [-0.1, -0.05) is 39.0 Å². The molecule has 5 nitrogen and oxygen atoms in total. The minimum atomic E-state index is -3.59. The van der Waals surface area contributed by atoms with Gasteiger partial charge in [-0.2, -0.15) is 0 Å². The summed E-state index contributed by atoms with van der Waals surface area (Å²) in [7, 11) is -3.59. The van der Waals surface area contributed by atoms with Gasteiger partial charge in [-0.25, -0.2) is 13.1 Å². The first-order valence-electron chi connectivity index (χ1n) is 6.34. The van der Waals surface area contributed by atoms with E-state index >= 15 is 0 Å². The summed E-state index contributed by atoms with van der Waals surface area (Å²) >= 11 is 0.728. The average molecular weight is 306 g/mol. The summed E-state index contributed by atoms with van der Waals surface area (Å²) in [6, 6.07) is 0. The van der Waals surface area contributed by atoms with Gasteiger partial charge in [0.2, 0.25) is 0 Å². The van der Waals surface area contributed by atoms with Crippen molar-refractivity contribution in [2.75, 3.05) is 6.54 Å². The fourth-order valence-corrected chi connectivity index (χ4v) is 4.58. The molecule has 0 spiro atoms. The molecule has 2 N–H and O–H groups in total. The van der Waals surface area contributed by atoms with Gasteiger partial charge in [-0.15, -0.1) is 0 Å². The highest BCUT2D eigenvalue weighted by Crippen LogP contribution is 2.21. The molecule has 1 heterocycles. The molecule has 1 aromatic heterocycles. The highest BCUT2D eigenvalue weighted by molar-refractivity contribution is 7.91. The highest BCUT2D eigenvalue weighted by atomic mass is 32.2. The molecule has 0 aliphatic heterocycles. The maximum atomic E-state index is 12.2. The van der Waals surface area contributed by atoms with Crippen LogP contribution in [-0.2, 0) is 10.0 Å². The fraction of sp³-hybridized carbons (Fsp3) is 0.750. The van der Waals surface area contributed by atoms with Gasteiger partial charge in [0.1, 0.15) is 0 Å². The minimum Gasteiger partial charge on any atom is -0.315 e. The number of nitrogens with one attached hydrogen (secondary N) is 2. The maximum Gasteiger partial charge on any atom is 0.305 e. The second kappa shape index (κ2) is 6.19. The van der Waals surface area contributed by atoms with E-state index < -0.39 is 10.0 Å². The van der Waals surface area contributed by atoms with Gasteiger partial charge in [0.15, 0.2) is 4.21 Å². The predicted molar refractivity (Wildman–Crippen MR) is 78.0 cm³/mol. The Labute approximate surface area is 118 Å². The summed E-state index contributed by atoms with van der Waals surface area (Å²) in [6.07, 6.45) is 0. The molecule has 19 heavy (non-hydrogen) atoms. The largest absolute Gasteiger partial charge is 0.315 e. The topological polar surface area (TPSA) is 79.0 Å². The zero-order valence-electron chi connectivity index (χ0n) is 12.0. The molecule has 0 atom stereocenters. The van der Waals surface area contributed by atoms with E-state index in [4.69, 9.17) is 0 Å². The summed E-state index contributed by atoms with van der Waals surface area (Å²) in [5.41, 5.74) is 0.396. The van der Waals surface area contributed by atoms with E-state index in [1.807, 2.05) is 0 Å². The van der Waals surface area contributed by atoms with Gasteiger partial charge in [0.25, 0.3) is 10.0 Å². The number of hydrogen-bond acceptors (Lipinski definition) is 4. The Morgan fingerprint density at radius 3 is 2.11 bits per heavy atom. The van der Waals surface area contributed by atoms with Crippen LogP contribution in [-0.4, -0.2) is 19.9 Å². The van der Waals surface area contributed by atoms with Crippen LogP contribution in [0.1, 0.15) is 33.4 Å². The Bertz CT molecular complexity index is 562. The van der Waals surface area contributed by atoms with Crippen LogP contribution >= 0.6 is 11.3 Å². The summed E-state index contributed by atoms with van der Waals surface area (Å²) < 4.78 is 27.0. The van der Waals surface area contributed by atoms with Gasteiger partial charge in [0, 0.05) is 12.2 Å². The second-order valence-corrected chi connectivity index (χ2v) is 8.38. The Kier molecular flexibility index (Phi) is 5.34. The number of hydrogen-bond donors (Lipinski definition) is 2. The van der Waals surface area contributed by atoms with Crippen molar-refractivity contribution in [2.45, 2.75) is 38.8 Å². The lowest BCUT2D eigenvalue weighted by atomic mass is 9.86. The molecule has 7 heteroatoms. The Hall–Kier alpha value is -0.660. The third-order valence-corrected chi connectivity index (χ3v) is 6.28. The summed E-state index contributed by atoms with van der Waals surface area (Å²) in [5, 5.41) is 0. The first kappa shape index (κ1) is 16.4. The zero-order valence-corrected chi connectivity index (χ0v) is 13.6. The van der Waals surface area contributed by atoms with Gasteiger partial charge in [0.05, 0.1) is 0 Å². The summed E-state index contributed by atoms with van der Waals surface area (Å²) in [6.45, 7) is 10.3. The molecule has 0 aliphatic rings. The Balaban J connectivity index is 2.87. The normalized spacial score (nSPS) is 12.8. The van der Waals surface area contributed by atoms with Crippen LogP contribution in [0.15, 0.2) is 9.00 Å². The van der Waals surface area contributed by atoms with Crippen molar-refractivity contribution in [1.29, 1.82) is 0 Å². The van der Waals surface area contributed by atoms with Crippen LogP contribution in [0.4, 0.5) is 0 Å². The lowest BCUT2D eigenvalue weighted by Gasteiger charge is -2.24. The molecule has 0 aliphatic carbocycles. The van der Waals surface area contributed by atoms with Crippen molar-refractivity contribution in [1.82, 2.24) is 9.71 Å². The molecule has 0 saturated heterocycles. The standard InChI is InChI=1S/C12H22N2O3S2/c1-7(2)10(8(3)4)6-13-19(16,17)11-9(5)14-12(15)18-11/h7-8,10,13H,6H2,1-5H3,(H,14,15). The first-order valence-corrected chi connectivity index (χ1v) is 8.64. The number of aromatic nitrogens is 1. The maximum absolute atomic E-state index is 12.2. The van der Waals surface area contributed by atoms with Crippen LogP contribution in [0.3, 0.4) is 0 Å². The van der Waals surface area contributed by atoms with E-state index in [-0.39, 0.29) is 15.0 Å². The first-order chi connectivity index (χ1) is 8.65. The van der Waals surface area contributed by atoms with E-state index in [0.29, 0.717) is 24.1 Å². The smallest absolute Gasteiger partial charge is 0.305 e. The Morgan fingerprint density at radius 2 is 1.74 bits per heavy atom. The van der Waals surface area contributed by atoms with Crippen LogP contribution in [0.5, 0.6) is 0 Å². The van der Waals surface area contributed by atoms with Crippen LogP contribution in [0.25, 0.3) is 0 Å². The molecule has 0 fully saturated rings. The number of rotatable bonds is 6. The quantitative estimate of drug-likeness (QED) is 0.843. The molecular weight excluding hydrogens is 284 g/mol. The third kappa shape index (κ3) is 4.15. The molecule has 0 unspecified atom stereocenters. The molecule has 110 valence electrons. The lowest BCUT2D eigenvalue weighted by Crippen LogP contribution is -2.33. The van der Waals surface area contributed by atoms with Crippen molar-refractivity contribution < 1.29 is 8.42 Å². The minimum absolute atomic E-state index is 0.0868. The second-order valence-electron chi connectivity index (χ2n) is 5.43. The van der Waals surface area contributed by atoms with E-state index in [2.05, 4.69) is 37.4 Å². The molecule has 0 aromatic carbocycles. The number of H-pyrrole nitrogens is 1. The van der Waals surface area contributed by atoms with Gasteiger partial charge in [-0.05, 0) is 24.7 Å². The summed E-state index contributed by atoms with van der Waals surface area (Å²) in [4.78, 5) is 13.3. The van der Waals surface area contributed by atoms with E-state index in [0.717, 1.165) is 11.3 Å². The van der Waals surface area contributed by atoms with Crippen molar-refractivity contribution in [3.63, 3.8) is 0 Å². The molecule has 0 amide bonds. The van der Waals surface area contributed by atoms with Crippen LogP contribution < -0.4 is 9.60 Å². The lowest BCUT2D eigenvalue weighted by molar-refractivity contribution is 0.289. The average Bonchev–Trinajstić information content (AvgIpc) is 2.57. The SMILES string of the molecule is Cc1[nH]c(=O)sc1S(=O)(=O)NCC(C(C)C)C(C)C. The number of aromatic amines is 1. The molecule has 0 bridgehead atoms. The van der Waals surface area contributed by atoms with E-state index in [9.17, 15) is 13.2 Å². The number of aryl methyl sites for hydroxylation is 1. The van der Waals surface area contributed by atoms with Crippen LogP contribution in [0.2, 0.25) is 0 Å². The molecule has 0 radical (unpaired) electrons. The third-order valence-electron chi connectivity index (χ3n) is 3.25. The van der Waals surface area contributed by atoms with Gasteiger partial charge >= 0.3 is 4.87 Å². The van der Waals surface area contributed by atoms with Gasteiger partial charge < -0.3 is 4.98 Å². The molecule has 0 saturated carbocycles. The van der Waals surface area contributed by atoms with Crippen LogP contribution in [0, 0.1) is 24.7 Å².